The predicted octanol–water partition coefficient (Wildman–Crippen LogP) is 2.46. The fourth-order valence-electron chi connectivity index (χ4n) is 1.62. The predicted molar refractivity (Wildman–Crippen MR) is 70.5 cm³/mol. The molecule has 0 saturated heterocycles. The molecule has 6 heteroatoms. The van der Waals surface area contributed by atoms with Crippen molar-refractivity contribution in [1.82, 2.24) is 9.55 Å². The lowest BCUT2D eigenvalue weighted by Crippen LogP contribution is -2.13. The molecule has 0 saturated carbocycles. The van der Waals surface area contributed by atoms with Crippen molar-refractivity contribution in [2.75, 3.05) is 5.73 Å². The first-order chi connectivity index (χ1) is 8.58. The average Bonchev–Trinajstić information content (AvgIpc) is 2.94. The van der Waals surface area contributed by atoms with Gasteiger partial charge in [-0.05, 0) is 19.9 Å². The molecule has 96 valence electrons. The Morgan fingerprint density at radius 2 is 2.39 bits per heavy atom. The lowest BCUT2D eigenvalue weighted by molar-refractivity contribution is 0.0458. The maximum absolute atomic E-state index is 12.0. The highest BCUT2D eigenvalue weighted by Crippen LogP contribution is 2.18. The van der Waals surface area contributed by atoms with Crippen LogP contribution >= 0.6 is 11.3 Å². The summed E-state index contributed by atoms with van der Waals surface area (Å²) < 4.78 is 7.01. The minimum atomic E-state index is -0.379. The highest BCUT2D eigenvalue weighted by molar-refractivity contribution is 7.09. The van der Waals surface area contributed by atoms with Gasteiger partial charge in [-0.2, -0.15) is 0 Å². The number of nitrogen functional groups attached to an aromatic ring is 1. The molecule has 2 aromatic heterocycles. The van der Waals surface area contributed by atoms with Gasteiger partial charge in [-0.1, -0.05) is 0 Å². The van der Waals surface area contributed by atoms with E-state index in [4.69, 9.17) is 10.5 Å². The number of hydrogen-bond acceptors (Lipinski definition) is 5. The van der Waals surface area contributed by atoms with Crippen LogP contribution in [0.2, 0.25) is 0 Å². The van der Waals surface area contributed by atoms with Crippen molar-refractivity contribution in [2.24, 2.45) is 0 Å². The van der Waals surface area contributed by atoms with Crippen molar-refractivity contribution in [3.63, 3.8) is 0 Å². The van der Waals surface area contributed by atoms with Crippen LogP contribution in [-0.4, -0.2) is 15.5 Å². The first-order valence-electron chi connectivity index (χ1n) is 5.60. The summed E-state index contributed by atoms with van der Waals surface area (Å²) in [5, 5.41) is 2.62. The molecule has 0 fully saturated rings. The second-order valence-corrected chi connectivity index (χ2v) is 5.14. The topological polar surface area (TPSA) is 70.1 Å². The zero-order valence-electron chi connectivity index (χ0n) is 10.3. The second-order valence-electron chi connectivity index (χ2n) is 4.16. The number of aromatic nitrogens is 2. The molecule has 0 aliphatic rings. The summed E-state index contributed by atoms with van der Waals surface area (Å²) in [5.41, 5.74) is 6.74. The van der Waals surface area contributed by atoms with E-state index in [2.05, 4.69) is 4.98 Å². The number of carbonyl (C=O) groups is 1. The van der Waals surface area contributed by atoms with Crippen LogP contribution in [-0.2, 0) is 11.3 Å². The molecular weight excluding hydrogens is 250 g/mol. The summed E-state index contributed by atoms with van der Waals surface area (Å²) >= 11 is 1.46. The van der Waals surface area contributed by atoms with Gasteiger partial charge < -0.3 is 15.0 Å². The molecular formula is C12H15N3O2S. The van der Waals surface area contributed by atoms with Gasteiger partial charge in [0.2, 0.25) is 0 Å². The third-order valence-corrected chi connectivity index (χ3v) is 3.20. The third kappa shape index (κ3) is 2.70. The van der Waals surface area contributed by atoms with Crippen LogP contribution in [0.1, 0.15) is 35.4 Å². The highest BCUT2D eigenvalue weighted by atomic mass is 32.1. The van der Waals surface area contributed by atoms with Crippen LogP contribution in [0.4, 0.5) is 5.69 Å². The molecule has 0 aliphatic heterocycles. The molecule has 0 bridgehead atoms. The molecule has 0 atom stereocenters. The smallest absolute Gasteiger partial charge is 0.355 e. The zero-order valence-corrected chi connectivity index (χ0v) is 11.1. The van der Waals surface area contributed by atoms with Gasteiger partial charge in [0.15, 0.2) is 0 Å². The van der Waals surface area contributed by atoms with Crippen LogP contribution in [0.3, 0.4) is 0 Å². The fourth-order valence-corrected chi connectivity index (χ4v) is 2.14. The number of thiazole rings is 1. The first kappa shape index (κ1) is 12.6. The molecule has 2 aromatic rings. The number of rotatable bonds is 4. The Hall–Kier alpha value is -1.82. The highest BCUT2D eigenvalue weighted by Gasteiger charge is 2.16. The van der Waals surface area contributed by atoms with Crippen molar-refractivity contribution in [3.8, 4) is 0 Å². The van der Waals surface area contributed by atoms with Gasteiger partial charge in [-0.25, -0.2) is 9.78 Å². The Bertz CT molecular complexity index is 532. The normalized spacial score (nSPS) is 10.8. The van der Waals surface area contributed by atoms with Crippen molar-refractivity contribution < 1.29 is 9.53 Å². The van der Waals surface area contributed by atoms with E-state index in [1.165, 1.54) is 11.3 Å². The van der Waals surface area contributed by atoms with E-state index in [0.717, 1.165) is 5.01 Å². The summed E-state index contributed by atoms with van der Waals surface area (Å²) in [5.74, 6) is -0.379. The molecule has 0 spiro atoms. The van der Waals surface area contributed by atoms with Gasteiger partial charge in [0.05, 0.1) is 5.69 Å². The Morgan fingerprint density at radius 1 is 1.61 bits per heavy atom. The quantitative estimate of drug-likeness (QED) is 0.862. The molecule has 0 radical (unpaired) electrons. The number of hydrogen-bond donors (Lipinski definition) is 1. The Labute approximate surface area is 109 Å². The number of nitrogens with zero attached hydrogens (tertiary/aromatic N) is 2. The molecule has 5 nitrogen and oxygen atoms in total. The van der Waals surface area contributed by atoms with E-state index >= 15 is 0 Å². The SMILES string of the molecule is CC(C)n1cc(N)cc1C(=O)OCc1nccs1. The van der Waals surface area contributed by atoms with Gasteiger partial charge in [0, 0.05) is 23.8 Å². The summed E-state index contributed by atoms with van der Waals surface area (Å²) in [6.07, 6.45) is 3.42. The maximum atomic E-state index is 12.0. The monoisotopic (exact) mass is 265 g/mol. The number of carbonyl (C=O) groups excluding carboxylic acids is 1. The van der Waals surface area contributed by atoms with Crippen LogP contribution in [0.25, 0.3) is 0 Å². The summed E-state index contributed by atoms with van der Waals surface area (Å²) in [6.45, 7) is 4.16. The van der Waals surface area contributed by atoms with Crippen LogP contribution in [0.15, 0.2) is 23.8 Å². The molecule has 2 N–H and O–H groups in total. The Morgan fingerprint density at radius 3 is 3.00 bits per heavy atom. The number of anilines is 1. The molecule has 2 rings (SSSR count). The summed E-state index contributed by atoms with van der Waals surface area (Å²) in [4.78, 5) is 16.0. The fraction of sp³-hybridized carbons (Fsp3) is 0.333. The van der Waals surface area contributed by atoms with Gasteiger partial charge in [0.25, 0.3) is 0 Å². The lowest BCUT2D eigenvalue weighted by Gasteiger charge is -2.11. The minimum Gasteiger partial charge on any atom is -0.454 e. The van der Waals surface area contributed by atoms with Crippen LogP contribution in [0, 0.1) is 0 Å². The third-order valence-electron chi connectivity index (χ3n) is 2.45. The van der Waals surface area contributed by atoms with E-state index in [1.807, 2.05) is 19.2 Å². The largest absolute Gasteiger partial charge is 0.454 e. The van der Waals surface area contributed by atoms with Gasteiger partial charge in [0.1, 0.15) is 17.3 Å². The second kappa shape index (κ2) is 5.22. The van der Waals surface area contributed by atoms with Crippen molar-refractivity contribution >= 4 is 23.0 Å². The van der Waals surface area contributed by atoms with Crippen LogP contribution in [0.5, 0.6) is 0 Å². The van der Waals surface area contributed by atoms with Crippen molar-refractivity contribution in [3.05, 3.63) is 34.5 Å². The van der Waals surface area contributed by atoms with Crippen molar-refractivity contribution in [1.29, 1.82) is 0 Å². The Balaban J connectivity index is 2.09. The average molecular weight is 265 g/mol. The summed E-state index contributed by atoms with van der Waals surface area (Å²) in [7, 11) is 0. The van der Waals surface area contributed by atoms with E-state index in [-0.39, 0.29) is 18.6 Å². The van der Waals surface area contributed by atoms with E-state index in [9.17, 15) is 4.79 Å². The molecule has 0 unspecified atom stereocenters. The van der Waals surface area contributed by atoms with E-state index in [1.54, 1.807) is 23.0 Å². The summed E-state index contributed by atoms with van der Waals surface area (Å²) in [6, 6.07) is 1.79. The van der Waals surface area contributed by atoms with Crippen LogP contribution < -0.4 is 5.73 Å². The number of nitrogens with two attached hydrogens (primary N) is 1. The van der Waals surface area contributed by atoms with E-state index in [0.29, 0.717) is 11.4 Å². The standard InChI is InChI=1S/C12H15N3O2S/c1-8(2)15-6-9(13)5-10(15)12(16)17-7-11-14-3-4-18-11/h3-6,8H,7,13H2,1-2H3. The maximum Gasteiger partial charge on any atom is 0.355 e. The minimum absolute atomic E-state index is 0.157. The molecule has 0 amide bonds. The van der Waals surface area contributed by atoms with Gasteiger partial charge in [-0.3, -0.25) is 0 Å². The molecule has 0 aliphatic carbocycles. The molecule has 0 aromatic carbocycles. The number of ether oxygens (including phenoxy) is 1. The van der Waals surface area contributed by atoms with E-state index < -0.39 is 0 Å². The number of esters is 1. The zero-order chi connectivity index (χ0) is 13.1. The van der Waals surface area contributed by atoms with Crippen molar-refractivity contribution in [2.45, 2.75) is 26.5 Å². The molecule has 2 heterocycles. The molecule has 18 heavy (non-hydrogen) atoms. The van der Waals surface area contributed by atoms with Gasteiger partial charge >= 0.3 is 5.97 Å². The lowest BCUT2D eigenvalue weighted by atomic mass is 10.3. The van der Waals surface area contributed by atoms with Gasteiger partial charge in [-0.15, -0.1) is 11.3 Å². The Kier molecular flexibility index (Phi) is 3.66. The first-order valence-corrected chi connectivity index (χ1v) is 6.48.